The van der Waals surface area contributed by atoms with Crippen LogP contribution in [0, 0.1) is 0 Å². The fourth-order valence-corrected chi connectivity index (χ4v) is 2.57. The van der Waals surface area contributed by atoms with Crippen LogP contribution in [-0.4, -0.2) is 42.6 Å². The third-order valence-electron chi connectivity index (χ3n) is 3.75. The van der Waals surface area contributed by atoms with Crippen molar-refractivity contribution in [1.82, 2.24) is 24.7 Å². The lowest BCUT2D eigenvalue weighted by molar-refractivity contribution is 0.0859. The van der Waals surface area contributed by atoms with Crippen molar-refractivity contribution in [3.8, 4) is 11.3 Å². The fourth-order valence-electron chi connectivity index (χ4n) is 2.57. The minimum atomic E-state index is -1.25. The van der Waals surface area contributed by atoms with Gasteiger partial charge in [0.1, 0.15) is 12.0 Å². The Hall–Kier alpha value is -2.90. The fraction of sp³-hybridized carbons (Fsp3) is 0.333. The van der Waals surface area contributed by atoms with Gasteiger partial charge in [-0.2, -0.15) is 5.10 Å². The van der Waals surface area contributed by atoms with Gasteiger partial charge in [-0.1, -0.05) is 6.92 Å². The van der Waals surface area contributed by atoms with Gasteiger partial charge in [0.05, 0.1) is 24.5 Å². The lowest BCUT2D eigenvalue weighted by Gasteiger charge is -2.14. The predicted octanol–water partition coefficient (Wildman–Crippen LogP) is 2.86. The molecule has 3 aromatic heterocycles. The number of fused-ring (bicyclic) bond motifs is 1. The number of carbonyl (C=O) groups is 1. The molecule has 0 aromatic carbocycles. The molecular weight excluding hydrogens is 298 g/mol. The Labute approximate surface area is 132 Å². The van der Waals surface area contributed by atoms with Gasteiger partial charge in [-0.25, -0.2) is 14.8 Å². The van der Waals surface area contributed by atoms with Crippen LogP contribution >= 0.6 is 0 Å². The third kappa shape index (κ3) is 3.15. The number of hydrogen-bond acceptors (Lipinski definition) is 5. The van der Waals surface area contributed by atoms with Crippen LogP contribution < -0.4 is 0 Å². The molecule has 0 radical (unpaired) electrons. The van der Waals surface area contributed by atoms with E-state index >= 15 is 0 Å². The zero-order valence-corrected chi connectivity index (χ0v) is 12.6. The van der Waals surface area contributed by atoms with Crippen molar-refractivity contribution in [2.24, 2.45) is 0 Å². The van der Waals surface area contributed by atoms with Crippen molar-refractivity contribution < 1.29 is 14.6 Å². The summed E-state index contributed by atoms with van der Waals surface area (Å²) >= 11 is 0. The SMILES string of the molecule is CCC(CCOC(=O)O)n1cc(-c2ncnc3[nH]ccc23)cn1. The molecule has 0 amide bonds. The molecule has 0 saturated carbocycles. The summed E-state index contributed by atoms with van der Waals surface area (Å²) in [5, 5.41) is 13.9. The zero-order valence-electron chi connectivity index (χ0n) is 12.6. The number of carboxylic acid groups (broad SMARTS) is 1. The lowest BCUT2D eigenvalue weighted by atomic mass is 10.1. The molecule has 3 heterocycles. The molecule has 0 aliphatic carbocycles. The summed E-state index contributed by atoms with van der Waals surface area (Å²) in [5.74, 6) is 0. The van der Waals surface area contributed by atoms with Crippen molar-refractivity contribution in [3.05, 3.63) is 31.0 Å². The standard InChI is InChI=1S/C15H17N5O3/c1-2-11(4-6-23-15(21)22)20-8-10(7-19-20)13-12-3-5-16-14(12)18-9-17-13/h3,5,7-9,11H,2,4,6H2,1H3,(H,21,22)(H,16,17,18). The van der Waals surface area contributed by atoms with Crippen LogP contribution in [0.15, 0.2) is 31.0 Å². The highest BCUT2D eigenvalue weighted by Gasteiger charge is 2.14. The summed E-state index contributed by atoms with van der Waals surface area (Å²) < 4.78 is 6.42. The van der Waals surface area contributed by atoms with Crippen LogP contribution in [0.4, 0.5) is 4.79 Å². The van der Waals surface area contributed by atoms with Crippen molar-refractivity contribution in [3.63, 3.8) is 0 Å². The van der Waals surface area contributed by atoms with Crippen LogP contribution in [0.2, 0.25) is 0 Å². The van der Waals surface area contributed by atoms with Crippen LogP contribution in [-0.2, 0) is 4.74 Å². The second-order valence-corrected chi connectivity index (χ2v) is 5.14. The van der Waals surface area contributed by atoms with Gasteiger partial charge in [0, 0.05) is 29.8 Å². The molecule has 0 bridgehead atoms. The maximum atomic E-state index is 10.4. The van der Waals surface area contributed by atoms with E-state index in [4.69, 9.17) is 5.11 Å². The highest BCUT2D eigenvalue weighted by molar-refractivity contribution is 5.89. The molecule has 3 rings (SSSR count). The number of nitrogens with zero attached hydrogens (tertiary/aromatic N) is 4. The molecule has 23 heavy (non-hydrogen) atoms. The van der Waals surface area contributed by atoms with E-state index in [0.717, 1.165) is 28.7 Å². The van der Waals surface area contributed by atoms with E-state index in [2.05, 4.69) is 24.8 Å². The van der Waals surface area contributed by atoms with E-state index in [-0.39, 0.29) is 12.6 Å². The molecule has 120 valence electrons. The molecule has 0 fully saturated rings. The predicted molar refractivity (Wildman–Crippen MR) is 83.0 cm³/mol. The highest BCUT2D eigenvalue weighted by atomic mass is 16.7. The average Bonchev–Trinajstić information content (AvgIpc) is 3.19. The van der Waals surface area contributed by atoms with Crippen molar-refractivity contribution in [1.29, 1.82) is 0 Å². The van der Waals surface area contributed by atoms with Crippen molar-refractivity contribution in [2.45, 2.75) is 25.8 Å². The van der Waals surface area contributed by atoms with Gasteiger partial charge in [-0.15, -0.1) is 0 Å². The van der Waals surface area contributed by atoms with Gasteiger partial charge in [-0.05, 0) is 12.5 Å². The number of H-pyrrole nitrogens is 1. The first-order valence-corrected chi connectivity index (χ1v) is 7.37. The Morgan fingerprint density at radius 1 is 1.48 bits per heavy atom. The Bertz CT molecular complexity index is 810. The first kappa shape index (κ1) is 15.0. The summed E-state index contributed by atoms with van der Waals surface area (Å²) in [6.45, 7) is 2.18. The summed E-state index contributed by atoms with van der Waals surface area (Å²) in [6.07, 6.45) is 7.17. The van der Waals surface area contributed by atoms with Gasteiger partial charge in [0.2, 0.25) is 0 Å². The van der Waals surface area contributed by atoms with E-state index < -0.39 is 6.16 Å². The second kappa shape index (κ2) is 6.47. The molecular formula is C15H17N5O3. The number of nitrogens with one attached hydrogen (secondary N) is 1. The first-order valence-electron chi connectivity index (χ1n) is 7.37. The van der Waals surface area contributed by atoms with Crippen molar-refractivity contribution in [2.75, 3.05) is 6.61 Å². The molecule has 3 aromatic rings. The number of aromatic amines is 1. The van der Waals surface area contributed by atoms with Gasteiger partial charge in [0.25, 0.3) is 0 Å². The van der Waals surface area contributed by atoms with E-state index in [1.54, 1.807) is 6.20 Å². The summed E-state index contributed by atoms with van der Waals surface area (Å²) in [7, 11) is 0. The lowest BCUT2D eigenvalue weighted by Crippen LogP contribution is -2.13. The topological polar surface area (TPSA) is 106 Å². The van der Waals surface area contributed by atoms with E-state index in [1.807, 2.05) is 30.1 Å². The monoisotopic (exact) mass is 315 g/mol. The van der Waals surface area contributed by atoms with Gasteiger partial charge in [0.15, 0.2) is 0 Å². The number of ether oxygens (including phenoxy) is 1. The average molecular weight is 315 g/mol. The molecule has 1 unspecified atom stereocenters. The smallest absolute Gasteiger partial charge is 0.450 e. The van der Waals surface area contributed by atoms with Gasteiger partial charge in [-0.3, -0.25) is 4.68 Å². The Morgan fingerprint density at radius 2 is 2.35 bits per heavy atom. The van der Waals surface area contributed by atoms with Crippen LogP contribution in [0.5, 0.6) is 0 Å². The zero-order chi connectivity index (χ0) is 16.2. The van der Waals surface area contributed by atoms with Crippen LogP contribution in [0.1, 0.15) is 25.8 Å². The number of hydrogen-bond donors (Lipinski definition) is 2. The van der Waals surface area contributed by atoms with E-state index in [0.29, 0.717) is 6.42 Å². The highest BCUT2D eigenvalue weighted by Crippen LogP contribution is 2.26. The molecule has 0 aliphatic rings. The molecule has 1 atom stereocenters. The maximum absolute atomic E-state index is 10.4. The second-order valence-electron chi connectivity index (χ2n) is 5.14. The van der Waals surface area contributed by atoms with E-state index in [1.165, 1.54) is 6.33 Å². The summed E-state index contributed by atoms with van der Waals surface area (Å²) in [4.78, 5) is 22.0. The number of rotatable bonds is 6. The normalized spacial score (nSPS) is 12.4. The van der Waals surface area contributed by atoms with Gasteiger partial charge < -0.3 is 14.8 Å². The molecule has 8 heteroatoms. The molecule has 2 N–H and O–H groups in total. The van der Waals surface area contributed by atoms with Crippen LogP contribution in [0.25, 0.3) is 22.3 Å². The van der Waals surface area contributed by atoms with Crippen LogP contribution in [0.3, 0.4) is 0 Å². The molecule has 0 spiro atoms. The van der Waals surface area contributed by atoms with Gasteiger partial charge >= 0.3 is 6.16 Å². The molecule has 0 saturated heterocycles. The molecule has 0 aliphatic heterocycles. The Morgan fingerprint density at radius 3 is 3.13 bits per heavy atom. The Kier molecular flexibility index (Phi) is 4.22. The molecule has 8 nitrogen and oxygen atoms in total. The quantitative estimate of drug-likeness (QED) is 0.677. The van der Waals surface area contributed by atoms with E-state index in [9.17, 15) is 4.79 Å². The maximum Gasteiger partial charge on any atom is 0.505 e. The summed E-state index contributed by atoms with van der Waals surface area (Å²) in [6, 6.07) is 2.01. The minimum absolute atomic E-state index is 0.0756. The minimum Gasteiger partial charge on any atom is -0.450 e. The largest absolute Gasteiger partial charge is 0.505 e. The summed E-state index contributed by atoms with van der Waals surface area (Å²) in [5.41, 5.74) is 2.50. The third-order valence-corrected chi connectivity index (χ3v) is 3.75. The number of aromatic nitrogens is 5. The first-order chi connectivity index (χ1) is 11.2. The Balaban J connectivity index is 1.81. The van der Waals surface area contributed by atoms with Crippen molar-refractivity contribution >= 4 is 17.2 Å².